The van der Waals surface area contributed by atoms with Gasteiger partial charge in [-0.15, -0.1) is 0 Å². The third-order valence-corrected chi connectivity index (χ3v) is 3.09. The molecule has 0 saturated heterocycles. The van der Waals surface area contributed by atoms with Crippen LogP contribution in [-0.2, 0) is 13.2 Å². The monoisotopic (exact) mass is 293 g/mol. The zero-order valence-electron chi connectivity index (χ0n) is 9.14. The predicted molar refractivity (Wildman–Crippen MR) is 68.6 cm³/mol. The second kappa shape index (κ2) is 5.80. The molecule has 0 bridgehead atoms. The number of rotatable bonds is 4. The third kappa shape index (κ3) is 3.28. The summed E-state index contributed by atoms with van der Waals surface area (Å²) in [5, 5.41) is 8.86. The van der Waals surface area contributed by atoms with Gasteiger partial charge in [-0.2, -0.15) is 0 Å². The van der Waals surface area contributed by atoms with E-state index in [1.54, 1.807) is 18.3 Å². The summed E-state index contributed by atoms with van der Waals surface area (Å²) in [5.41, 5.74) is 1.72. The van der Waals surface area contributed by atoms with E-state index in [0.29, 0.717) is 18.1 Å². The van der Waals surface area contributed by atoms with Crippen molar-refractivity contribution in [3.05, 3.63) is 58.3 Å². The molecule has 0 saturated carbocycles. The Bertz CT molecular complexity index is 485. The minimum atomic E-state index is -0.0511. The number of ether oxygens (including phenoxy) is 1. The standard InChI is InChI=1S/C13H12BrNO2/c14-13-4-2-1-3-10(13)9-17-12-6-5-11(8-16)15-7-12/h1-7,16H,8-9H2. The van der Waals surface area contributed by atoms with Crippen molar-refractivity contribution in [2.45, 2.75) is 13.2 Å². The molecule has 0 spiro atoms. The number of hydrogen-bond acceptors (Lipinski definition) is 3. The first-order valence-corrected chi connectivity index (χ1v) is 6.01. The molecule has 17 heavy (non-hydrogen) atoms. The number of benzene rings is 1. The molecule has 1 N–H and O–H groups in total. The Morgan fingerprint density at radius 1 is 1.18 bits per heavy atom. The molecule has 0 fully saturated rings. The maximum absolute atomic E-state index is 8.86. The lowest BCUT2D eigenvalue weighted by atomic mass is 10.2. The van der Waals surface area contributed by atoms with Gasteiger partial charge in [-0.05, 0) is 18.2 Å². The van der Waals surface area contributed by atoms with Crippen molar-refractivity contribution in [1.29, 1.82) is 0 Å². The van der Waals surface area contributed by atoms with Crippen LogP contribution in [0.4, 0.5) is 0 Å². The van der Waals surface area contributed by atoms with Crippen molar-refractivity contribution in [3.63, 3.8) is 0 Å². The summed E-state index contributed by atoms with van der Waals surface area (Å²) in [4.78, 5) is 4.05. The summed E-state index contributed by atoms with van der Waals surface area (Å²) in [5.74, 6) is 0.693. The van der Waals surface area contributed by atoms with E-state index in [1.165, 1.54) is 0 Å². The Morgan fingerprint density at radius 2 is 2.00 bits per heavy atom. The largest absolute Gasteiger partial charge is 0.487 e. The summed E-state index contributed by atoms with van der Waals surface area (Å²) < 4.78 is 6.63. The number of pyridine rings is 1. The van der Waals surface area contributed by atoms with Gasteiger partial charge in [0.25, 0.3) is 0 Å². The number of aliphatic hydroxyl groups is 1. The van der Waals surface area contributed by atoms with Crippen LogP contribution in [0.5, 0.6) is 5.75 Å². The van der Waals surface area contributed by atoms with Crippen LogP contribution in [0.1, 0.15) is 11.3 Å². The van der Waals surface area contributed by atoms with Gasteiger partial charge in [0.15, 0.2) is 0 Å². The molecule has 2 aromatic rings. The van der Waals surface area contributed by atoms with Gasteiger partial charge in [0.2, 0.25) is 0 Å². The molecule has 1 aromatic heterocycles. The maximum Gasteiger partial charge on any atom is 0.138 e. The quantitative estimate of drug-likeness (QED) is 0.942. The van der Waals surface area contributed by atoms with Crippen LogP contribution in [0, 0.1) is 0 Å². The molecule has 0 aliphatic rings. The van der Waals surface area contributed by atoms with Crippen LogP contribution in [-0.4, -0.2) is 10.1 Å². The van der Waals surface area contributed by atoms with Crippen LogP contribution in [0.2, 0.25) is 0 Å². The summed E-state index contributed by atoms with van der Waals surface area (Å²) in [6, 6.07) is 11.5. The molecule has 0 aliphatic heterocycles. The third-order valence-electron chi connectivity index (χ3n) is 2.31. The molecule has 88 valence electrons. The van der Waals surface area contributed by atoms with Crippen LogP contribution in [0.15, 0.2) is 47.1 Å². The first-order valence-electron chi connectivity index (χ1n) is 5.21. The SMILES string of the molecule is OCc1ccc(OCc2ccccc2Br)cn1. The van der Waals surface area contributed by atoms with Crippen molar-refractivity contribution in [2.24, 2.45) is 0 Å². The Balaban J connectivity index is 2.00. The lowest BCUT2D eigenvalue weighted by molar-refractivity contribution is 0.275. The topological polar surface area (TPSA) is 42.4 Å². The van der Waals surface area contributed by atoms with E-state index in [4.69, 9.17) is 9.84 Å². The highest BCUT2D eigenvalue weighted by Crippen LogP contribution is 2.18. The van der Waals surface area contributed by atoms with Gasteiger partial charge in [-0.3, -0.25) is 4.98 Å². The summed E-state index contributed by atoms with van der Waals surface area (Å²) >= 11 is 3.46. The van der Waals surface area contributed by atoms with Crippen LogP contribution in [0.3, 0.4) is 0 Å². The van der Waals surface area contributed by atoms with Crippen molar-refractivity contribution in [1.82, 2.24) is 4.98 Å². The molecular formula is C13H12BrNO2. The number of hydrogen-bond donors (Lipinski definition) is 1. The fourth-order valence-electron chi connectivity index (χ4n) is 1.37. The molecule has 4 heteroatoms. The molecule has 0 radical (unpaired) electrons. The van der Waals surface area contributed by atoms with Crippen molar-refractivity contribution < 1.29 is 9.84 Å². The lowest BCUT2D eigenvalue weighted by Crippen LogP contribution is -1.97. The highest BCUT2D eigenvalue weighted by Gasteiger charge is 2.00. The van der Waals surface area contributed by atoms with Crippen molar-refractivity contribution >= 4 is 15.9 Å². The fraction of sp³-hybridized carbons (Fsp3) is 0.154. The summed E-state index contributed by atoms with van der Waals surface area (Å²) in [6.45, 7) is 0.437. The lowest BCUT2D eigenvalue weighted by Gasteiger charge is -2.07. The van der Waals surface area contributed by atoms with Gasteiger partial charge in [0.05, 0.1) is 18.5 Å². The zero-order valence-corrected chi connectivity index (χ0v) is 10.7. The smallest absolute Gasteiger partial charge is 0.138 e. The number of aliphatic hydroxyl groups excluding tert-OH is 1. The van der Waals surface area contributed by atoms with E-state index in [9.17, 15) is 0 Å². The van der Waals surface area contributed by atoms with Gasteiger partial charge < -0.3 is 9.84 Å². The Kier molecular flexibility index (Phi) is 4.12. The molecule has 2 rings (SSSR count). The van der Waals surface area contributed by atoms with Gasteiger partial charge in [0, 0.05) is 10.0 Å². The average Bonchev–Trinajstić information content (AvgIpc) is 2.38. The highest BCUT2D eigenvalue weighted by atomic mass is 79.9. The van der Waals surface area contributed by atoms with E-state index < -0.39 is 0 Å². The first-order chi connectivity index (χ1) is 8.29. The fourth-order valence-corrected chi connectivity index (χ4v) is 1.77. The molecule has 0 atom stereocenters. The Morgan fingerprint density at radius 3 is 2.65 bits per heavy atom. The Hall–Kier alpha value is -1.39. The van der Waals surface area contributed by atoms with Gasteiger partial charge >= 0.3 is 0 Å². The number of aromatic nitrogens is 1. The molecule has 1 aromatic carbocycles. The maximum atomic E-state index is 8.86. The second-order valence-electron chi connectivity index (χ2n) is 3.52. The normalized spacial score (nSPS) is 10.2. The van der Waals surface area contributed by atoms with Gasteiger partial charge in [0.1, 0.15) is 12.4 Å². The van der Waals surface area contributed by atoms with E-state index >= 15 is 0 Å². The van der Waals surface area contributed by atoms with E-state index in [1.807, 2.05) is 24.3 Å². The Labute approximate surface area is 108 Å². The van der Waals surface area contributed by atoms with Crippen LogP contribution in [0.25, 0.3) is 0 Å². The molecular weight excluding hydrogens is 282 g/mol. The molecule has 0 aliphatic carbocycles. The van der Waals surface area contributed by atoms with Crippen molar-refractivity contribution in [3.8, 4) is 5.75 Å². The molecule has 0 amide bonds. The molecule has 3 nitrogen and oxygen atoms in total. The number of halogens is 1. The second-order valence-corrected chi connectivity index (χ2v) is 4.38. The first kappa shape index (κ1) is 12.1. The molecule has 1 heterocycles. The highest BCUT2D eigenvalue weighted by molar-refractivity contribution is 9.10. The van der Waals surface area contributed by atoms with Gasteiger partial charge in [-0.1, -0.05) is 34.1 Å². The minimum absolute atomic E-state index is 0.0511. The average molecular weight is 294 g/mol. The minimum Gasteiger partial charge on any atom is -0.487 e. The van der Waals surface area contributed by atoms with E-state index in [-0.39, 0.29) is 6.61 Å². The van der Waals surface area contributed by atoms with E-state index in [0.717, 1.165) is 10.0 Å². The molecule has 0 unspecified atom stereocenters. The predicted octanol–water partition coefficient (Wildman–Crippen LogP) is 2.92. The van der Waals surface area contributed by atoms with Crippen LogP contribution >= 0.6 is 15.9 Å². The number of nitrogens with zero attached hydrogens (tertiary/aromatic N) is 1. The van der Waals surface area contributed by atoms with E-state index in [2.05, 4.69) is 20.9 Å². The summed E-state index contributed by atoms with van der Waals surface area (Å²) in [6.07, 6.45) is 1.61. The van der Waals surface area contributed by atoms with Crippen LogP contribution < -0.4 is 4.74 Å². The summed E-state index contributed by atoms with van der Waals surface area (Å²) in [7, 11) is 0. The zero-order chi connectivity index (χ0) is 12.1. The van der Waals surface area contributed by atoms with Crippen molar-refractivity contribution in [2.75, 3.05) is 0 Å². The van der Waals surface area contributed by atoms with Gasteiger partial charge in [-0.25, -0.2) is 0 Å².